The third-order valence-electron chi connectivity index (χ3n) is 2.99. The van der Waals surface area contributed by atoms with Gasteiger partial charge in [0.2, 0.25) is 10.0 Å². The van der Waals surface area contributed by atoms with Gasteiger partial charge in [-0.1, -0.05) is 12.1 Å². The van der Waals surface area contributed by atoms with Crippen LogP contribution in [-0.2, 0) is 16.6 Å². The average Bonchev–Trinajstić information content (AvgIpc) is 2.45. The van der Waals surface area contributed by atoms with Crippen molar-refractivity contribution in [1.82, 2.24) is 4.90 Å². The fourth-order valence-corrected chi connectivity index (χ4v) is 3.37. The van der Waals surface area contributed by atoms with Crippen molar-refractivity contribution in [3.63, 3.8) is 0 Å². The minimum atomic E-state index is -3.68. The van der Waals surface area contributed by atoms with Gasteiger partial charge in [-0.15, -0.1) is 0 Å². The first kappa shape index (κ1) is 15.1. The molecular formula is C12H18N4O2S2. The Kier molecular flexibility index (Phi) is 4.90. The van der Waals surface area contributed by atoms with E-state index in [2.05, 4.69) is 4.99 Å². The summed E-state index contributed by atoms with van der Waals surface area (Å²) < 4.78 is 22.6. The molecule has 0 aromatic heterocycles. The van der Waals surface area contributed by atoms with Crippen LogP contribution in [0.1, 0.15) is 5.56 Å². The van der Waals surface area contributed by atoms with Crippen LogP contribution in [0.4, 0.5) is 0 Å². The lowest BCUT2D eigenvalue weighted by atomic mass is 10.2. The molecule has 0 radical (unpaired) electrons. The molecule has 1 saturated heterocycles. The maximum absolute atomic E-state index is 11.3. The predicted octanol–water partition coefficient (Wildman–Crippen LogP) is 0.197. The number of benzene rings is 1. The number of sulfonamides is 1. The largest absolute Gasteiger partial charge is 0.370 e. The Morgan fingerprint density at radius 2 is 2.05 bits per heavy atom. The number of hydrogen-bond donors (Lipinski definition) is 2. The van der Waals surface area contributed by atoms with Gasteiger partial charge in [-0.2, -0.15) is 11.8 Å². The normalized spacial score (nSPS) is 17.2. The summed E-state index contributed by atoms with van der Waals surface area (Å²) in [6.07, 6.45) is 0. The number of rotatable bonds is 3. The topological polar surface area (TPSA) is 102 Å². The monoisotopic (exact) mass is 314 g/mol. The van der Waals surface area contributed by atoms with Crippen molar-refractivity contribution in [3.05, 3.63) is 29.8 Å². The maximum atomic E-state index is 11.3. The highest BCUT2D eigenvalue weighted by Crippen LogP contribution is 2.12. The number of aliphatic imine (C=N–C) groups is 1. The van der Waals surface area contributed by atoms with Crippen molar-refractivity contribution in [3.8, 4) is 0 Å². The van der Waals surface area contributed by atoms with E-state index in [1.165, 1.54) is 12.1 Å². The SMILES string of the molecule is NC(=NCc1cccc(S(N)(=O)=O)c1)N1CCSCC1. The van der Waals surface area contributed by atoms with Crippen molar-refractivity contribution in [2.45, 2.75) is 11.4 Å². The van der Waals surface area contributed by atoms with Crippen molar-refractivity contribution in [2.24, 2.45) is 15.9 Å². The third kappa shape index (κ3) is 4.12. The zero-order chi connectivity index (χ0) is 14.6. The Bertz CT molecular complexity index is 595. The van der Waals surface area contributed by atoms with Crippen LogP contribution in [0.25, 0.3) is 0 Å². The van der Waals surface area contributed by atoms with Crippen LogP contribution >= 0.6 is 11.8 Å². The molecule has 1 fully saturated rings. The molecule has 1 aromatic rings. The minimum absolute atomic E-state index is 0.0955. The Morgan fingerprint density at radius 1 is 1.35 bits per heavy atom. The molecule has 1 aromatic carbocycles. The lowest BCUT2D eigenvalue weighted by molar-refractivity contribution is 0.455. The second kappa shape index (κ2) is 6.47. The number of guanidine groups is 1. The number of thioether (sulfide) groups is 1. The van der Waals surface area contributed by atoms with Gasteiger partial charge in [-0.25, -0.2) is 18.5 Å². The van der Waals surface area contributed by atoms with Gasteiger partial charge in [-0.05, 0) is 17.7 Å². The van der Waals surface area contributed by atoms with Crippen LogP contribution in [0, 0.1) is 0 Å². The third-order valence-corrected chi connectivity index (χ3v) is 4.84. The van der Waals surface area contributed by atoms with Gasteiger partial charge in [0, 0.05) is 24.6 Å². The van der Waals surface area contributed by atoms with Crippen LogP contribution in [0.5, 0.6) is 0 Å². The molecule has 6 nitrogen and oxygen atoms in total. The summed E-state index contributed by atoms with van der Waals surface area (Å²) in [5.41, 5.74) is 6.71. The molecule has 0 amide bonds. The van der Waals surface area contributed by atoms with Gasteiger partial charge >= 0.3 is 0 Å². The highest BCUT2D eigenvalue weighted by molar-refractivity contribution is 7.99. The van der Waals surface area contributed by atoms with E-state index in [0.717, 1.165) is 30.2 Å². The highest BCUT2D eigenvalue weighted by Gasteiger charge is 2.12. The van der Waals surface area contributed by atoms with Crippen molar-refractivity contribution >= 4 is 27.7 Å². The first-order chi connectivity index (χ1) is 9.47. The Balaban J connectivity index is 2.06. The number of nitrogens with zero attached hydrogens (tertiary/aromatic N) is 2. The summed E-state index contributed by atoms with van der Waals surface area (Å²) in [6, 6.07) is 6.45. The quantitative estimate of drug-likeness (QED) is 0.613. The Labute approximate surface area is 123 Å². The van der Waals surface area contributed by atoms with Crippen molar-refractivity contribution in [2.75, 3.05) is 24.6 Å². The first-order valence-corrected chi connectivity index (χ1v) is 8.91. The molecule has 0 bridgehead atoms. The maximum Gasteiger partial charge on any atom is 0.238 e. The van der Waals surface area contributed by atoms with Crippen LogP contribution in [0.2, 0.25) is 0 Å². The molecule has 1 aliphatic heterocycles. The molecule has 1 heterocycles. The number of hydrogen-bond acceptors (Lipinski definition) is 4. The molecular weight excluding hydrogens is 296 g/mol. The molecule has 0 atom stereocenters. The molecule has 0 unspecified atom stereocenters. The first-order valence-electron chi connectivity index (χ1n) is 6.21. The van der Waals surface area contributed by atoms with Gasteiger partial charge in [-0.3, -0.25) is 0 Å². The Morgan fingerprint density at radius 3 is 2.70 bits per heavy atom. The number of nitrogens with two attached hydrogens (primary N) is 2. The fraction of sp³-hybridized carbons (Fsp3) is 0.417. The standard InChI is InChI=1S/C12H18N4O2S2/c13-12(16-4-6-19-7-5-16)15-9-10-2-1-3-11(8-10)20(14,17)18/h1-3,8H,4-7,9H2,(H2,13,15)(H2,14,17,18). The molecule has 0 saturated carbocycles. The van der Waals surface area contributed by atoms with E-state index in [1.54, 1.807) is 12.1 Å². The minimum Gasteiger partial charge on any atom is -0.370 e. The summed E-state index contributed by atoms with van der Waals surface area (Å²) in [6.45, 7) is 2.15. The van der Waals surface area contributed by atoms with E-state index in [9.17, 15) is 8.42 Å². The van der Waals surface area contributed by atoms with E-state index in [0.29, 0.717) is 12.5 Å². The van der Waals surface area contributed by atoms with Crippen LogP contribution in [-0.4, -0.2) is 43.9 Å². The van der Waals surface area contributed by atoms with Crippen molar-refractivity contribution < 1.29 is 8.42 Å². The van der Waals surface area contributed by atoms with E-state index in [4.69, 9.17) is 10.9 Å². The average molecular weight is 314 g/mol. The van der Waals surface area contributed by atoms with Crippen LogP contribution < -0.4 is 10.9 Å². The second-order valence-electron chi connectivity index (χ2n) is 4.47. The van der Waals surface area contributed by atoms with E-state index < -0.39 is 10.0 Å². The summed E-state index contributed by atoms with van der Waals surface area (Å²) in [5.74, 6) is 2.61. The Hall–Kier alpha value is -1.25. The van der Waals surface area contributed by atoms with Gasteiger partial charge in [0.1, 0.15) is 0 Å². The summed E-state index contributed by atoms with van der Waals surface area (Å²) in [4.78, 5) is 6.45. The van der Waals surface area contributed by atoms with Crippen LogP contribution in [0.15, 0.2) is 34.2 Å². The summed E-state index contributed by atoms with van der Waals surface area (Å²) >= 11 is 1.90. The molecule has 4 N–H and O–H groups in total. The molecule has 0 spiro atoms. The summed E-state index contributed by atoms with van der Waals surface area (Å²) in [7, 11) is -3.68. The second-order valence-corrected chi connectivity index (χ2v) is 7.25. The fourth-order valence-electron chi connectivity index (χ4n) is 1.89. The molecule has 20 heavy (non-hydrogen) atoms. The predicted molar refractivity (Wildman–Crippen MR) is 82.0 cm³/mol. The van der Waals surface area contributed by atoms with E-state index in [1.807, 2.05) is 16.7 Å². The lowest BCUT2D eigenvalue weighted by Gasteiger charge is -2.27. The smallest absolute Gasteiger partial charge is 0.238 e. The van der Waals surface area contributed by atoms with Gasteiger partial charge in [0.15, 0.2) is 5.96 Å². The highest BCUT2D eigenvalue weighted by atomic mass is 32.2. The molecule has 0 aliphatic carbocycles. The number of primary sulfonamides is 1. The molecule has 110 valence electrons. The zero-order valence-electron chi connectivity index (χ0n) is 11.0. The van der Waals surface area contributed by atoms with E-state index in [-0.39, 0.29) is 4.90 Å². The van der Waals surface area contributed by atoms with Gasteiger partial charge < -0.3 is 10.6 Å². The van der Waals surface area contributed by atoms with Gasteiger partial charge in [0.05, 0.1) is 11.4 Å². The molecule has 1 aliphatic rings. The van der Waals surface area contributed by atoms with E-state index >= 15 is 0 Å². The zero-order valence-corrected chi connectivity index (χ0v) is 12.7. The summed E-state index contributed by atoms with van der Waals surface area (Å²) in [5, 5.41) is 5.10. The molecule has 2 rings (SSSR count). The van der Waals surface area contributed by atoms with Crippen LogP contribution in [0.3, 0.4) is 0 Å². The van der Waals surface area contributed by atoms with Gasteiger partial charge in [0.25, 0.3) is 0 Å². The lowest BCUT2D eigenvalue weighted by Crippen LogP contribution is -2.42. The molecule has 8 heteroatoms. The van der Waals surface area contributed by atoms with Crippen molar-refractivity contribution in [1.29, 1.82) is 0 Å².